The lowest BCUT2D eigenvalue weighted by atomic mass is 10.1. The van der Waals surface area contributed by atoms with E-state index < -0.39 is 0 Å². The van der Waals surface area contributed by atoms with Gasteiger partial charge in [-0.15, -0.1) is 0 Å². The molecule has 2 N–H and O–H groups in total. The number of nitrogens with one attached hydrogen (secondary N) is 2. The molecule has 0 unspecified atom stereocenters. The van der Waals surface area contributed by atoms with Crippen LogP contribution in [0.15, 0.2) is 84.9 Å². The number of hydrogen-bond donors (Lipinski definition) is 2. The van der Waals surface area contributed by atoms with E-state index in [9.17, 15) is 9.59 Å². The number of methoxy groups -OCH3 is 1. The topological polar surface area (TPSA) is 67.4 Å². The van der Waals surface area contributed by atoms with Gasteiger partial charge in [-0.1, -0.05) is 54.6 Å². The standard InChI is InChI=1S/C24H22N2O3/c1-17(27)25-20-13-7-8-14-21(20)26-22(18-10-4-3-5-11-18)16-23(28)19-12-6-9-15-24(19)29-2/h3-16,26H,1-2H3,(H,25,27). The van der Waals surface area contributed by atoms with E-state index in [2.05, 4.69) is 10.6 Å². The molecule has 0 aliphatic carbocycles. The van der Waals surface area contributed by atoms with E-state index in [1.165, 1.54) is 20.1 Å². The number of ether oxygens (including phenoxy) is 1. The average Bonchev–Trinajstić information content (AvgIpc) is 2.74. The summed E-state index contributed by atoms with van der Waals surface area (Å²) in [5, 5.41) is 6.09. The van der Waals surface area contributed by atoms with Crippen LogP contribution in [-0.4, -0.2) is 18.8 Å². The Labute approximate surface area is 170 Å². The molecule has 1 amide bonds. The normalized spacial score (nSPS) is 10.9. The van der Waals surface area contributed by atoms with E-state index in [0.29, 0.717) is 28.4 Å². The molecular formula is C24H22N2O3. The molecule has 0 aromatic heterocycles. The lowest BCUT2D eigenvalue weighted by Gasteiger charge is -2.15. The molecule has 0 bridgehead atoms. The molecule has 0 aliphatic rings. The smallest absolute Gasteiger partial charge is 0.221 e. The predicted molar refractivity (Wildman–Crippen MR) is 116 cm³/mol. The Bertz CT molecular complexity index is 1040. The van der Waals surface area contributed by atoms with Gasteiger partial charge in [-0.2, -0.15) is 0 Å². The average molecular weight is 386 g/mol. The van der Waals surface area contributed by atoms with Crippen LogP contribution in [-0.2, 0) is 4.79 Å². The third-order valence-corrected chi connectivity index (χ3v) is 4.24. The molecule has 0 heterocycles. The third kappa shape index (κ3) is 5.11. The number of benzene rings is 3. The summed E-state index contributed by atoms with van der Waals surface area (Å²) in [6.45, 7) is 1.45. The number of amides is 1. The first kappa shape index (κ1) is 19.9. The highest BCUT2D eigenvalue weighted by Crippen LogP contribution is 2.27. The number of allylic oxidation sites excluding steroid dienone is 1. The third-order valence-electron chi connectivity index (χ3n) is 4.24. The highest BCUT2D eigenvalue weighted by atomic mass is 16.5. The summed E-state index contributed by atoms with van der Waals surface area (Å²) in [5.41, 5.74) is 3.24. The molecule has 146 valence electrons. The molecule has 0 fully saturated rings. The molecule has 3 aromatic carbocycles. The van der Waals surface area contributed by atoms with E-state index >= 15 is 0 Å². The van der Waals surface area contributed by atoms with Crippen LogP contribution in [0.4, 0.5) is 11.4 Å². The van der Waals surface area contributed by atoms with Gasteiger partial charge in [0, 0.05) is 18.7 Å². The number of rotatable bonds is 7. The van der Waals surface area contributed by atoms with Crippen molar-refractivity contribution in [2.45, 2.75) is 6.92 Å². The van der Waals surface area contributed by atoms with E-state index in [-0.39, 0.29) is 11.7 Å². The number of ketones is 1. The minimum Gasteiger partial charge on any atom is -0.496 e. The molecule has 0 saturated heterocycles. The van der Waals surface area contributed by atoms with Gasteiger partial charge in [0.25, 0.3) is 0 Å². The van der Waals surface area contributed by atoms with E-state index in [1.807, 2.05) is 54.6 Å². The summed E-state index contributed by atoms with van der Waals surface area (Å²) in [7, 11) is 1.54. The van der Waals surface area contributed by atoms with Crippen LogP contribution in [0.1, 0.15) is 22.8 Å². The van der Waals surface area contributed by atoms with Gasteiger partial charge in [0.05, 0.1) is 24.0 Å². The summed E-state index contributed by atoms with van der Waals surface area (Å²) in [6.07, 6.45) is 1.54. The van der Waals surface area contributed by atoms with Crippen LogP contribution in [0.5, 0.6) is 5.75 Å². The monoisotopic (exact) mass is 386 g/mol. The summed E-state index contributed by atoms with van der Waals surface area (Å²) in [4.78, 5) is 24.5. The van der Waals surface area contributed by atoms with Gasteiger partial charge < -0.3 is 15.4 Å². The second-order valence-corrected chi connectivity index (χ2v) is 6.34. The van der Waals surface area contributed by atoms with Crippen LogP contribution >= 0.6 is 0 Å². The van der Waals surface area contributed by atoms with Crippen LogP contribution in [0.2, 0.25) is 0 Å². The maximum Gasteiger partial charge on any atom is 0.221 e. The molecule has 0 radical (unpaired) electrons. The van der Waals surface area contributed by atoms with Gasteiger partial charge in [-0.25, -0.2) is 0 Å². The fourth-order valence-corrected chi connectivity index (χ4v) is 2.90. The lowest BCUT2D eigenvalue weighted by Crippen LogP contribution is -2.10. The molecule has 0 atom stereocenters. The zero-order valence-corrected chi connectivity index (χ0v) is 16.3. The zero-order chi connectivity index (χ0) is 20.6. The maximum atomic E-state index is 13.0. The van der Waals surface area contributed by atoms with Crippen molar-refractivity contribution in [1.29, 1.82) is 0 Å². The van der Waals surface area contributed by atoms with Gasteiger partial charge >= 0.3 is 0 Å². The number of carbonyl (C=O) groups excluding carboxylic acids is 2. The molecule has 29 heavy (non-hydrogen) atoms. The van der Waals surface area contributed by atoms with E-state index in [0.717, 1.165) is 5.56 Å². The molecule has 0 aliphatic heterocycles. The molecule has 0 spiro atoms. The van der Waals surface area contributed by atoms with Crippen molar-refractivity contribution >= 4 is 28.8 Å². The predicted octanol–water partition coefficient (Wildman–Crippen LogP) is 4.99. The first-order chi connectivity index (χ1) is 14.1. The van der Waals surface area contributed by atoms with Crippen molar-refractivity contribution in [3.63, 3.8) is 0 Å². The van der Waals surface area contributed by atoms with E-state index in [1.54, 1.807) is 24.3 Å². The van der Waals surface area contributed by atoms with Crippen LogP contribution in [0.3, 0.4) is 0 Å². The Morgan fingerprint density at radius 1 is 0.793 bits per heavy atom. The Morgan fingerprint density at radius 2 is 1.38 bits per heavy atom. The van der Waals surface area contributed by atoms with Gasteiger partial charge in [0.1, 0.15) is 5.75 Å². The largest absolute Gasteiger partial charge is 0.496 e. The number of hydrogen-bond acceptors (Lipinski definition) is 4. The molecule has 3 aromatic rings. The van der Waals surface area contributed by atoms with Gasteiger partial charge in [-0.3, -0.25) is 9.59 Å². The molecule has 0 saturated carbocycles. The highest BCUT2D eigenvalue weighted by Gasteiger charge is 2.13. The summed E-state index contributed by atoms with van der Waals surface area (Å²) in [6, 6.07) is 24.0. The van der Waals surface area contributed by atoms with Gasteiger partial charge in [0.15, 0.2) is 5.78 Å². The van der Waals surface area contributed by atoms with Crippen molar-refractivity contribution in [2.24, 2.45) is 0 Å². The SMILES string of the molecule is COc1ccccc1C(=O)C=C(Nc1ccccc1NC(C)=O)c1ccccc1. The number of anilines is 2. The Balaban J connectivity index is 2.02. The first-order valence-corrected chi connectivity index (χ1v) is 9.16. The minimum atomic E-state index is -0.189. The highest BCUT2D eigenvalue weighted by molar-refractivity contribution is 6.11. The second-order valence-electron chi connectivity index (χ2n) is 6.34. The quantitative estimate of drug-likeness (QED) is 0.443. The Morgan fingerprint density at radius 3 is 2.03 bits per heavy atom. The fourth-order valence-electron chi connectivity index (χ4n) is 2.90. The molecule has 3 rings (SSSR count). The van der Waals surface area contributed by atoms with Crippen LogP contribution in [0, 0.1) is 0 Å². The number of carbonyl (C=O) groups is 2. The molecule has 5 nitrogen and oxygen atoms in total. The molecular weight excluding hydrogens is 364 g/mol. The van der Waals surface area contributed by atoms with Crippen LogP contribution in [0.25, 0.3) is 5.70 Å². The zero-order valence-electron chi connectivity index (χ0n) is 16.3. The summed E-state index contributed by atoms with van der Waals surface area (Å²) < 4.78 is 5.32. The van der Waals surface area contributed by atoms with Crippen molar-refractivity contribution in [1.82, 2.24) is 0 Å². The first-order valence-electron chi connectivity index (χ1n) is 9.16. The number of para-hydroxylation sites is 3. The lowest BCUT2D eigenvalue weighted by molar-refractivity contribution is -0.114. The van der Waals surface area contributed by atoms with Crippen molar-refractivity contribution in [3.8, 4) is 5.75 Å². The van der Waals surface area contributed by atoms with Crippen molar-refractivity contribution < 1.29 is 14.3 Å². The van der Waals surface area contributed by atoms with Gasteiger partial charge in [-0.05, 0) is 29.8 Å². The van der Waals surface area contributed by atoms with Gasteiger partial charge in [0.2, 0.25) is 5.91 Å². The van der Waals surface area contributed by atoms with Crippen molar-refractivity contribution in [3.05, 3.63) is 96.1 Å². The second kappa shape index (κ2) is 9.37. The van der Waals surface area contributed by atoms with Crippen LogP contribution < -0.4 is 15.4 Å². The summed E-state index contributed by atoms with van der Waals surface area (Å²) in [5.74, 6) is 0.153. The Hall–Kier alpha value is -3.86. The minimum absolute atomic E-state index is 0.172. The Kier molecular flexibility index (Phi) is 6.43. The molecule has 5 heteroatoms. The fraction of sp³-hybridized carbons (Fsp3) is 0.0833. The van der Waals surface area contributed by atoms with E-state index in [4.69, 9.17) is 4.74 Å². The van der Waals surface area contributed by atoms with Crippen molar-refractivity contribution in [2.75, 3.05) is 17.7 Å². The summed E-state index contributed by atoms with van der Waals surface area (Å²) >= 11 is 0. The maximum absolute atomic E-state index is 13.0.